The van der Waals surface area contributed by atoms with Gasteiger partial charge in [-0.1, -0.05) is 0 Å². The van der Waals surface area contributed by atoms with Crippen molar-refractivity contribution in [1.82, 2.24) is 20.4 Å². The van der Waals surface area contributed by atoms with Crippen LogP contribution in [-0.4, -0.2) is 36.0 Å². The van der Waals surface area contributed by atoms with E-state index in [9.17, 15) is 0 Å². The van der Waals surface area contributed by atoms with Gasteiger partial charge >= 0.3 is 0 Å². The lowest BCUT2D eigenvalue weighted by Gasteiger charge is -2.22. The van der Waals surface area contributed by atoms with Crippen molar-refractivity contribution in [1.29, 1.82) is 0 Å². The SMILES string of the molecule is Cn1cc(CCNCC2CCCNC2)cn1. The molecule has 1 aromatic heterocycles. The summed E-state index contributed by atoms with van der Waals surface area (Å²) < 4.78 is 1.86. The Hall–Kier alpha value is -0.870. The molecule has 0 saturated carbocycles. The van der Waals surface area contributed by atoms with Gasteiger partial charge in [0.1, 0.15) is 0 Å². The Morgan fingerprint density at radius 3 is 3.25 bits per heavy atom. The van der Waals surface area contributed by atoms with Crippen molar-refractivity contribution in [2.24, 2.45) is 13.0 Å². The van der Waals surface area contributed by atoms with Crippen molar-refractivity contribution < 1.29 is 0 Å². The minimum Gasteiger partial charge on any atom is -0.316 e. The second-order valence-corrected chi connectivity index (χ2v) is 4.69. The van der Waals surface area contributed by atoms with E-state index in [1.54, 1.807) is 0 Å². The molecule has 1 unspecified atom stereocenters. The van der Waals surface area contributed by atoms with Crippen LogP contribution in [0.3, 0.4) is 0 Å². The molecular formula is C12H22N4. The molecule has 2 heterocycles. The van der Waals surface area contributed by atoms with E-state index < -0.39 is 0 Å². The summed E-state index contributed by atoms with van der Waals surface area (Å²) in [7, 11) is 1.96. The predicted molar refractivity (Wildman–Crippen MR) is 65.4 cm³/mol. The normalized spacial score (nSPS) is 21.2. The molecule has 2 N–H and O–H groups in total. The van der Waals surface area contributed by atoms with Crippen molar-refractivity contribution >= 4 is 0 Å². The highest BCUT2D eigenvalue weighted by molar-refractivity contribution is 5.03. The van der Waals surface area contributed by atoms with Gasteiger partial charge < -0.3 is 10.6 Å². The van der Waals surface area contributed by atoms with Gasteiger partial charge in [-0.15, -0.1) is 0 Å². The standard InChI is InChI=1S/C12H22N4/c1-16-10-12(9-15-16)4-6-14-8-11-3-2-5-13-7-11/h9-11,13-14H,2-8H2,1H3. The van der Waals surface area contributed by atoms with Crippen LogP contribution in [0.25, 0.3) is 0 Å². The molecule has 0 aliphatic carbocycles. The van der Waals surface area contributed by atoms with Crippen molar-refractivity contribution in [2.75, 3.05) is 26.2 Å². The maximum Gasteiger partial charge on any atom is 0.0522 e. The molecule has 0 bridgehead atoms. The van der Waals surface area contributed by atoms with Crippen LogP contribution >= 0.6 is 0 Å². The minimum absolute atomic E-state index is 0.822. The Morgan fingerprint density at radius 1 is 1.62 bits per heavy atom. The molecule has 1 atom stereocenters. The van der Waals surface area contributed by atoms with Crippen LogP contribution in [0.15, 0.2) is 12.4 Å². The van der Waals surface area contributed by atoms with E-state index in [1.807, 2.05) is 17.9 Å². The average Bonchev–Trinajstić information content (AvgIpc) is 2.72. The largest absolute Gasteiger partial charge is 0.316 e. The molecule has 1 aliphatic rings. The highest BCUT2D eigenvalue weighted by atomic mass is 15.2. The second-order valence-electron chi connectivity index (χ2n) is 4.69. The van der Waals surface area contributed by atoms with Gasteiger partial charge in [0.25, 0.3) is 0 Å². The summed E-state index contributed by atoms with van der Waals surface area (Å²) in [5.41, 5.74) is 1.32. The lowest BCUT2D eigenvalue weighted by atomic mass is 10.00. The molecule has 1 fully saturated rings. The topological polar surface area (TPSA) is 41.9 Å². The lowest BCUT2D eigenvalue weighted by molar-refractivity contribution is 0.361. The van der Waals surface area contributed by atoms with Gasteiger partial charge in [-0.2, -0.15) is 5.10 Å². The maximum absolute atomic E-state index is 4.16. The van der Waals surface area contributed by atoms with Gasteiger partial charge in [0.2, 0.25) is 0 Å². The van der Waals surface area contributed by atoms with Crippen molar-refractivity contribution in [3.05, 3.63) is 18.0 Å². The molecule has 0 aromatic carbocycles. The zero-order chi connectivity index (χ0) is 11.2. The molecule has 4 nitrogen and oxygen atoms in total. The Morgan fingerprint density at radius 2 is 2.56 bits per heavy atom. The van der Waals surface area contributed by atoms with Crippen LogP contribution in [0, 0.1) is 5.92 Å². The Labute approximate surface area is 97.4 Å². The summed E-state index contributed by atoms with van der Waals surface area (Å²) >= 11 is 0. The maximum atomic E-state index is 4.16. The van der Waals surface area contributed by atoms with E-state index in [0.29, 0.717) is 0 Å². The monoisotopic (exact) mass is 222 g/mol. The third kappa shape index (κ3) is 3.61. The third-order valence-corrected chi connectivity index (χ3v) is 3.18. The molecule has 0 radical (unpaired) electrons. The zero-order valence-electron chi connectivity index (χ0n) is 10.1. The highest BCUT2D eigenvalue weighted by Gasteiger charge is 2.11. The Kier molecular flexibility index (Phi) is 4.36. The first-order valence-corrected chi connectivity index (χ1v) is 6.23. The molecule has 1 saturated heterocycles. The van der Waals surface area contributed by atoms with Crippen LogP contribution in [0.1, 0.15) is 18.4 Å². The summed E-state index contributed by atoms with van der Waals surface area (Å²) in [6.45, 7) is 4.58. The summed E-state index contributed by atoms with van der Waals surface area (Å²) in [6, 6.07) is 0. The number of hydrogen-bond donors (Lipinski definition) is 2. The van der Waals surface area contributed by atoms with E-state index in [1.165, 1.54) is 31.5 Å². The smallest absolute Gasteiger partial charge is 0.0522 e. The molecule has 0 amide bonds. The molecule has 1 aliphatic heterocycles. The van der Waals surface area contributed by atoms with E-state index in [-0.39, 0.29) is 0 Å². The van der Waals surface area contributed by atoms with Gasteiger partial charge in [0, 0.05) is 13.2 Å². The molecule has 2 rings (SSSR count). The van der Waals surface area contributed by atoms with E-state index in [4.69, 9.17) is 0 Å². The first kappa shape index (κ1) is 11.6. The van der Waals surface area contributed by atoms with E-state index in [0.717, 1.165) is 25.4 Å². The van der Waals surface area contributed by atoms with Crippen LogP contribution in [0.5, 0.6) is 0 Å². The number of aromatic nitrogens is 2. The third-order valence-electron chi connectivity index (χ3n) is 3.18. The van der Waals surface area contributed by atoms with E-state index >= 15 is 0 Å². The average molecular weight is 222 g/mol. The Bertz CT molecular complexity index is 302. The molecular weight excluding hydrogens is 200 g/mol. The van der Waals surface area contributed by atoms with Gasteiger partial charge in [-0.05, 0) is 56.9 Å². The number of nitrogens with zero attached hydrogens (tertiary/aromatic N) is 2. The van der Waals surface area contributed by atoms with Gasteiger partial charge in [0.15, 0.2) is 0 Å². The Balaban J connectivity index is 1.57. The number of nitrogens with one attached hydrogen (secondary N) is 2. The first-order chi connectivity index (χ1) is 7.84. The van der Waals surface area contributed by atoms with Crippen LogP contribution in [-0.2, 0) is 13.5 Å². The summed E-state index contributed by atoms with van der Waals surface area (Å²) in [5, 5.41) is 11.1. The second kappa shape index (κ2) is 6.01. The van der Waals surface area contributed by atoms with Crippen molar-refractivity contribution in [3.8, 4) is 0 Å². The number of rotatable bonds is 5. The van der Waals surface area contributed by atoms with Crippen molar-refractivity contribution in [2.45, 2.75) is 19.3 Å². The quantitative estimate of drug-likeness (QED) is 0.715. The number of hydrogen-bond acceptors (Lipinski definition) is 3. The van der Waals surface area contributed by atoms with E-state index in [2.05, 4.69) is 21.9 Å². The van der Waals surface area contributed by atoms with Gasteiger partial charge in [-0.25, -0.2) is 0 Å². The fourth-order valence-corrected chi connectivity index (χ4v) is 2.24. The molecule has 90 valence electrons. The number of piperidine rings is 1. The van der Waals surface area contributed by atoms with Crippen molar-refractivity contribution in [3.63, 3.8) is 0 Å². The summed E-state index contributed by atoms with van der Waals surface area (Å²) in [4.78, 5) is 0. The zero-order valence-corrected chi connectivity index (χ0v) is 10.1. The lowest BCUT2D eigenvalue weighted by Crippen LogP contribution is -2.36. The van der Waals surface area contributed by atoms with Crippen LogP contribution < -0.4 is 10.6 Å². The number of aryl methyl sites for hydroxylation is 1. The summed E-state index contributed by atoms with van der Waals surface area (Å²) in [6.07, 6.45) is 7.81. The van der Waals surface area contributed by atoms with Crippen LogP contribution in [0.2, 0.25) is 0 Å². The van der Waals surface area contributed by atoms with Gasteiger partial charge in [0.05, 0.1) is 6.20 Å². The fraction of sp³-hybridized carbons (Fsp3) is 0.750. The van der Waals surface area contributed by atoms with Gasteiger partial charge in [-0.3, -0.25) is 4.68 Å². The minimum atomic E-state index is 0.822. The molecule has 0 spiro atoms. The van der Waals surface area contributed by atoms with Crippen LogP contribution in [0.4, 0.5) is 0 Å². The highest BCUT2D eigenvalue weighted by Crippen LogP contribution is 2.08. The summed E-state index contributed by atoms with van der Waals surface area (Å²) in [5.74, 6) is 0.822. The molecule has 16 heavy (non-hydrogen) atoms. The molecule has 1 aromatic rings. The molecule has 4 heteroatoms. The first-order valence-electron chi connectivity index (χ1n) is 6.23. The predicted octanol–water partition coefficient (Wildman–Crippen LogP) is 0.552. The fourth-order valence-electron chi connectivity index (χ4n) is 2.24.